The maximum Gasteiger partial charge on any atom is 0.0567 e. The largest absolute Gasteiger partial charge is 0.405 e. The van der Waals surface area contributed by atoms with Gasteiger partial charge in [0.05, 0.1) is 6.54 Å². The SMILES string of the molecule is C=CCN=C/C=C\N. The van der Waals surface area contributed by atoms with Crippen LogP contribution in [0.25, 0.3) is 0 Å². The number of nitrogens with zero attached hydrogens (tertiary/aromatic N) is 1. The quantitative estimate of drug-likeness (QED) is 0.422. The Bertz CT molecular complexity index is 103. The Kier molecular flexibility index (Phi) is 5.17. The highest BCUT2D eigenvalue weighted by atomic mass is 14.7. The van der Waals surface area contributed by atoms with Crippen LogP contribution in [0.2, 0.25) is 0 Å². The van der Waals surface area contributed by atoms with Crippen molar-refractivity contribution in [2.75, 3.05) is 6.54 Å². The predicted molar refractivity (Wildman–Crippen MR) is 36.9 cm³/mol. The van der Waals surface area contributed by atoms with E-state index in [2.05, 4.69) is 11.6 Å². The Morgan fingerprint density at radius 1 is 1.62 bits per heavy atom. The molecule has 0 spiro atoms. The van der Waals surface area contributed by atoms with Crippen molar-refractivity contribution < 1.29 is 0 Å². The van der Waals surface area contributed by atoms with Crippen LogP contribution in [-0.4, -0.2) is 12.8 Å². The second kappa shape index (κ2) is 5.95. The first-order valence-corrected chi connectivity index (χ1v) is 2.39. The minimum Gasteiger partial charge on any atom is -0.405 e. The molecule has 0 aliphatic carbocycles. The minimum absolute atomic E-state index is 0.657. The van der Waals surface area contributed by atoms with E-state index in [0.29, 0.717) is 6.54 Å². The fourth-order valence-electron chi connectivity index (χ4n) is 0.246. The van der Waals surface area contributed by atoms with Crippen molar-refractivity contribution in [3.63, 3.8) is 0 Å². The van der Waals surface area contributed by atoms with Gasteiger partial charge in [-0.3, -0.25) is 4.99 Å². The van der Waals surface area contributed by atoms with Crippen molar-refractivity contribution in [3.8, 4) is 0 Å². The molecular formula is C6H10N2. The van der Waals surface area contributed by atoms with E-state index in [1.807, 2.05) is 0 Å². The van der Waals surface area contributed by atoms with Crippen molar-refractivity contribution in [1.29, 1.82) is 0 Å². The van der Waals surface area contributed by atoms with Crippen LogP contribution in [0.1, 0.15) is 0 Å². The van der Waals surface area contributed by atoms with Crippen LogP contribution in [0.15, 0.2) is 29.9 Å². The summed E-state index contributed by atoms with van der Waals surface area (Å²) in [7, 11) is 0. The van der Waals surface area contributed by atoms with Crippen LogP contribution in [0.4, 0.5) is 0 Å². The molecule has 0 aliphatic rings. The molecule has 0 atom stereocenters. The molecule has 0 aromatic carbocycles. The standard InChI is InChI=1S/C6H10N2/c1-2-5-8-6-3-4-7/h2-4,6H,1,5,7H2/b4-3-,8-6?. The van der Waals surface area contributed by atoms with Crippen LogP contribution in [0, 0.1) is 0 Å². The van der Waals surface area contributed by atoms with E-state index < -0.39 is 0 Å². The van der Waals surface area contributed by atoms with Gasteiger partial charge in [-0.1, -0.05) is 6.08 Å². The number of hydrogen-bond donors (Lipinski definition) is 1. The topological polar surface area (TPSA) is 38.4 Å². The number of rotatable bonds is 3. The lowest BCUT2D eigenvalue weighted by atomic mass is 10.6. The van der Waals surface area contributed by atoms with Gasteiger partial charge in [-0.05, 0) is 12.3 Å². The summed E-state index contributed by atoms with van der Waals surface area (Å²) >= 11 is 0. The molecule has 0 aromatic rings. The smallest absolute Gasteiger partial charge is 0.0567 e. The molecule has 2 N–H and O–H groups in total. The van der Waals surface area contributed by atoms with Gasteiger partial charge in [-0.15, -0.1) is 6.58 Å². The Morgan fingerprint density at radius 3 is 2.88 bits per heavy atom. The van der Waals surface area contributed by atoms with E-state index >= 15 is 0 Å². The molecule has 0 saturated heterocycles. The van der Waals surface area contributed by atoms with Crippen molar-refractivity contribution in [2.45, 2.75) is 0 Å². The molecule has 0 radical (unpaired) electrons. The molecule has 0 saturated carbocycles. The average Bonchev–Trinajstić information content (AvgIpc) is 1.81. The summed E-state index contributed by atoms with van der Waals surface area (Å²) in [6.07, 6.45) is 6.47. The van der Waals surface area contributed by atoms with Gasteiger partial charge >= 0.3 is 0 Å². The first kappa shape index (κ1) is 6.95. The van der Waals surface area contributed by atoms with Crippen molar-refractivity contribution in [3.05, 3.63) is 24.9 Å². The molecule has 8 heavy (non-hydrogen) atoms. The fourth-order valence-corrected chi connectivity index (χ4v) is 0.246. The van der Waals surface area contributed by atoms with E-state index in [1.54, 1.807) is 18.4 Å². The van der Waals surface area contributed by atoms with E-state index in [4.69, 9.17) is 5.73 Å². The first-order chi connectivity index (χ1) is 3.91. The Morgan fingerprint density at radius 2 is 2.38 bits per heavy atom. The Hall–Kier alpha value is -1.05. The summed E-state index contributed by atoms with van der Waals surface area (Å²) in [5, 5.41) is 0. The molecule has 0 fully saturated rings. The molecule has 0 heterocycles. The predicted octanol–water partition coefficient (Wildman–Crippen LogP) is 0.716. The number of allylic oxidation sites excluding steroid dienone is 1. The molecule has 0 unspecified atom stereocenters. The first-order valence-electron chi connectivity index (χ1n) is 2.39. The maximum absolute atomic E-state index is 5.01. The number of nitrogens with two attached hydrogens (primary N) is 1. The molecule has 0 aromatic heterocycles. The summed E-state index contributed by atoms with van der Waals surface area (Å²) in [6, 6.07) is 0. The second-order valence-electron chi connectivity index (χ2n) is 1.19. The summed E-state index contributed by atoms with van der Waals surface area (Å²) < 4.78 is 0. The molecule has 0 amide bonds. The molecular weight excluding hydrogens is 100 g/mol. The second-order valence-corrected chi connectivity index (χ2v) is 1.19. The van der Waals surface area contributed by atoms with Gasteiger partial charge in [0.2, 0.25) is 0 Å². The summed E-state index contributed by atoms with van der Waals surface area (Å²) in [5.74, 6) is 0. The van der Waals surface area contributed by atoms with Gasteiger partial charge < -0.3 is 5.73 Å². The van der Waals surface area contributed by atoms with E-state index in [9.17, 15) is 0 Å². The zero-order valence-corrected chi connectivity index (χ0v) is 4.75. The van der Waals surface area contributed by atoms with Gasteiger partial charge in [-0.25, -0.2) is 0 Å². The van der Waals surface area contributed by atoms with Crippen LogP contribution in [-0.2, 0) is 0 Å². The normalized spacial score (nSPS) is 11.0. The van der Waals surface area contributed by atoms with Gasteiger partial charge in [0.15, 0.2) is 0 Å². The lowest BCUT2D eigenvalue weighted by Crippen LogP contribution is -1.77. The average molecular weight is 110 g/mol. The van der Waals surface area contributed by atoms with Crippen molar-refractivity contribution >= 4 is 6.21 Å². The van der Waals surface area contributed by atoms with E-state index in [1.165, 1.54) is 6.20 Å². The molecule has 0 bridgehead atoms. The highest BCUT2D eigenvalue weighted by Crippen LogP contribution is 1.67. The minimum atomic E-state index is 0.657. The zero-order chi connectivity index (χ0) is 6.24. The monoisotopic (exact) mass is 110 g/mol. The third-order valence-electron chi connectivity index (χ3n) is 0.537. The lowest BCUT2D eigenvalue weighted by molar-refractivity contribution is 1.27. The highest BCUT2D eigenvalue weighted by molar-refractivity contribution is 5.70. The number of aliphatic imine (C=N–C) groups is 1. The van der Waals surface area contributed by atoms with Crippen LogP contribution < -0.4 is 5.73 Å². The molecule has 0 aliphatic heterocycles. The summed E-state index contributed by atoms with van der Waals surface area (Å²) in [4.78, 5) is 3.87. The molecule has 44 valence electrons. The van der Waals surface area contributed by atoms with Crippen molar-refractivity contribution in [1.82, 2.24) is 0 Å². The van der Waals surface area contributed by atoms with Crippen LogP contribution in [0.5, 0.6) is 0 Å². The van der Waals surface area contributed by atoms with Gasteiger partial charge in [0.1, 0.15) is 0 Å². The maximum atomic E-state index is 5.01. The zero-order valence-electron chi connectivity index (χ0n) is 4.75. The summed E-state index contributed by atoms with van der Waals surface area (Å²) in [5.41, 5.74) is 5.01. The fraction of sp³-hybridized carbons (Fsp3) is 0.167. The van der Waals surface area contributed by atoms with Gasteiger partial charge in [-0.2, -0.15) is 0 Å². The molecule has 0 rings (SSSR count). The van der Waals surface area contributed by atoms with Gasteiger partial charge in [0.25, 0.3) is 0 Å². The van der Waals surface area contributed by atoms with Crippen LogP contribution >= 0.6 is 0 Å². The highest BCUT2D eigenvalue weighted by Gasteiger charge is 1.61. The number of hydrogen-bond acceptors (Lipinski definition) is 2. The van der Waals surface area contributed by atoms with E-state index in [0.717, 1.165) is 0 Å². The van der Waals surface area contributed by atoms with Crippen molar-refractivity contribution in [2.24, 2.45) is 10.7 Å². The third kappa shape index (κ3) is 4.95. The third-order valence-corrected chi connectivity index (χ3v) is 0.537. The summed E-state index contributed by atoms with van der Waals surface area (Å²) in [6.45, 7) is 4.15. The Labute approximate surface area is 49.4 Å². The molecule has 2 heteroatoms. The van der Waals surface area contributed by atoms with E-state index in [-0.39, 0.29) is 0 Å². The lowest BCUT2D eigenvalue weighted by Gasteiger charge is -1.75. The Balaban J connectivity index is 3.19. The molecule has 2 nitrogen and oxygen atoms in total. The van der Waals surface area contributed by atoms with Crippen LogP contribution in [0.3, 0.4) is 0 Å². The van der Waals surface area contributed by atoms with Gasteiger partial charge in [0, 0.05) is 6.21 Å².